The number of aromatic nitrogens is 4. The lowest BCUT2D eigenvalue weighted by Crippen LogP contribution is -2.43. The predicted molar refractivity (Wildman–Crippen MR) is 165 cm³/mol. The summed E-state index contributed by atoms with van der Waals surface area (Å²) in [5, 5.41) is 31.3. The predicted octanol–water partition coefficient (Wildman–Crippen LogP) is 3.67. The van der Waals surface area contributed by atoms with E-state index in [9.17, 15) is 19.6 Å². The molecular weight excluding hydrogens is 617 g/mol. The van der Waals surface area contributed by atoms with E-state index < -0.39 is 50.3 Å². The van der Waals surface area contributed by atoms with E-state index in [2.05, 4.69) is 20.2 Å². The molecule has 2 aromatic carbocycles. The van der Waals surface area contributed by atoms with E-state index in [1.54, 1.807) is 18.2 Å². The summed E-state index contributed by atoms with van der Waals surface area (Å²) < 4.78 is 44.7. The third-order valence-electron chi connectivity index (χ3n) is 7.87. The zero-order chi connectivity index (χ0) is 32.3. The minimum atomic E-state index is -4.31. The van der Waals surface area contributed by atoms with Gasteiger partial charge in [-0.2, -0.15) is 15.2 Å². The Bertz CT molecular complexity index is 1780. The maximum absolute atomic E-state index is 14.2. The second-order valence-corrected chi connectivity index (χ2v) is 13.1. The molecule has 0 amide bonds. The first-order valence-electron chi connectivity index (χ1n) is 15.0. The number of carbonyl (C=O) groups is 1. The number of nitrogens with zero attached hydrogens (tertiary/aromatic N) is 4. The van der Waals surface area contributed by atoms with Gasteiger partial charge in [-0.25, -0.2) is 14.1 Å². The average molecular weight is 654 g/mol. The minimum Gasteiger partial charge on any atom is -0.475 e. The van der Waals surface area contributed by atoms with Gasteiger partial charge in [-0.1, -0.05) is 42.5 Å². The average Bonchev–Trinajstić information content (AvgIpc) is 3.56. The number of hydrogen-bond donors (Lipinski definition) is 3. The summed E-state index contributed by atoms with van der Waals surface area (Å²) in [6.45, 7) is 2.91. The largest absolute Gasteiger partial charge is 0.475 e. The van der Waals surface area contributed by atoms with Crippen LogP contribution in [0.25, 0.3) is 16.4 Å². The number of nitrogens with one attached hydrogen (secondary N) is 1. The molecule has 6 bridgehead atoms. The molecular formula is C31H36N5O9P. The zero-order valence-electron chi connectivity index (χ0n) is 25.4. The van der Waals surface area contributed by atoms with Gasteiger partial charge >= 0.3 is 13.7 Å². The standard InChI is InChI=1S/C31H36N5O9P/c1-20-30(38)42-15-9-5-3-4-8-14-41-29-28-32-17-24(36(28)34-19-33-29)27-31(2,39)26(37)25(44-27)18-43-46(40,35-20)45-23-13-12-21-10-6-7-11-22(21)16-23/h3,5-7,10-13,16-17,19-20,25-27,37,39H,4,8-9,14-15,18H2,1-2H3,(H,35,40)/b5-3+/t20-,25-,26-,27+,31-,46?/m1/s1. The Hall–Kier alpha value is -3.91. The van der Waals surface area contributed by atoms with Gasteiger partial charge in [-0.15, -0.1) is 0 Å². The van der Waals surface area contributed by atoms with Crippen molar-refractivity contribution in [1.29, 1.82) is 0 Å². The van der Waals surface area contributed by atoms with Gasteiger partial charge in [-0.3, -0.25) is 9.32 Å². The molecule has 2 aliphatic heterocycles. The third-order valence-corrected chi connectivity index (χ3v) is 9.51. The summed E-state index contributed by atoms with van der Waals surface area (Å²) in [5.41, 5.74) is -1.17. The molecule has 0 aliphatic carbocycles. The first-order chi connectivity index (χ1) is 22.1. The number of benzene rings is 2. The van der Waals surface area contributed by atoms with Crippen LogP contribution < -0.4 is 14.3 Å². The van der Waals surface area contributed by atoms with Gasteiger partial charge in [0.15, 0.2) is 0 Å². The van der Waals surface area contributed by atoms with Crippen LogP contribution in [-0.4, -0.2) is 79.4 Å². The maximum atomic E-state index is 14.2. The Morgan fingerprint density at radius 2 is 1.89 bits per heavy atom. The summed E-state index contributed by atoms with van der Waals surface area (Å²) >= 11 is 0. The van der Waals surface area contributed by atoms with Gasteiger partial charge in [0.2, 0.25) is 5.65 Å². The Morgan fingerprint density at radius 1 is 1.09 bits per heavy atom. The molecule has 0 saturated carbocycles. The number of fused-ring (bicyclic) bond motifs is 4. The molecule has 14 nitrogen and oxygen atoms in total. The molecule has 0 spiro atoms. The van der Waals surface area contributed by atoms with Crippen LogP contribution in [0.3, 0.4) is 0 Å². The first-order valence-corrected chi connectivity index (χ1v) is 16.6. The molecule has 244 valence electrons. The first kappa shape index (κ1) is 32.0. The van der Waals surface area contributed by atoms with Gasteiger partial charge in [0, 0.05) is 0 Å². The Kier molecular flexibility index (Phi) is 9.37. The van der Waals surface area contributed by atoms with Crippen molar-refractivity contribution in [2.24, 2.45) is 0 Å². The van der Waals surface area contributed by atoms with Crippen LogP contribution >= 0.6 is 7.75 Å². The quantitative estimate of drug-likeness (QED) is 0.162. The molecule has 6 atom stereocenters. The molecule has 0 radical (unpaired) electrons. The number of hydrogen-bond acceptors (Lipinski definition) is 12. The number of allylic oxidation sites excluding steroid dienone is 1. The smallest absolute Gasteiger partial charge is 0.459 e. The lowest BCUT2D eigenvalue weighted by atomic mass is 9.91. The van der Waals surface area contributed by atoms with Crippen LogP contribution in [0.5, 0.6) is 11.6 Å². The topological polar surface area (TPSA) is 176 Å². The molecule has 4 aromatic rings. The number of imidazole rings is 1. The highest BCUT2D eigenvalue weighted by molar-refractivity contribution is 7.52. The van der Waals surface area contributed by atoms with Crippen molar-refractivity contribution < 1.29 is 42.8 Å². The lowest BCUT2D eigenvalue weighted by molar-refractivity contribution is -0.145. The number of esters is 1. The van der Waals surface area contributed by atoms with Gasteiger partial charge < -0.3 is 28.9 Å². The summed E-state index contributed by atoms with van der Waals surface area (Å²) in [7, 11) is -4.31. The van der Waals surface area contributed by atoms with Crippen LogP contribution in [0.1, 0.15) is 44.9 Å². The van der Waals surface area contributed by atoms with E-state index in [-0.39, 0.29) is 18.2 Å². The number of cyclic esters (lactones) is 1. The highest BCUT2D eigenvalue weighted by Crippen LogP contribution is 2.48. The minimum absolute atomic E-state index is 0.119. The normalized spacial score (nSPS) is 30.7. The molecule has 1 saturated heterocycles. The monoisotopic (exact) mass is 653 g/mol. The Labute approximate surface area is 264 Å². The summed E-state index contributed by atoms with van der Waals surface area (Å²) in [6.07, 6.45) is 4.80. The second kappa shape index (κ2) is 13.4. The molecule has 6 rings (SSSR count). The Morgan fingerprint density at radius 3 is 2.74 bits per heavy atom. The number of rotatable bonds is 2. The molecule has 1 unspecified atom stereocenters. The fraction of sp³-hybridized carbons (Fsp3) is 0.419. The molecule has 2 aromatic heterocycles. The van der Waals surface area contributed by atoms with Gasteiger partial charge in [0.25, 0.3) is 5.88 Å². The SMILES string of the molecule is C[C@H]1NP(=O)(Oc2ccc3ccccc3c2)OC[C@H]2O[C@@H](c3cnc4c(ncnn34)OCCC/C=C/CCOC1=O)[C@](C)(O)[C@@H]2O. The van der Waals surface area contributed by atoms with Crippen molar-refractivity contribution in [2.75, 3.05) is 19.8 Å². The van der Waals surface area contributed by atoms with Crippen molar-refractivity contribution in [3.63, 3.8) is 0 Å². The molecule has 4 heterocycles. The van der Waals surface area contributed by atoms with Gasteiger partial charge in [0.05, 0.1) is 31.7 Å². The highest BCUT2D eigenvalue weighted by atomic mass is 31.2. The van der Waals surface area contributed by atoms with E-state index in [4.69, 9.17) is 23.3 Å². The van der Waals surface area contributed by atoms with Crippen LogP contribution in [0.15, 0.2) is 67.1 Å². The third kappa shape index (κ3) is 6.77. The lowest BCUT2D eigenvalue weighted by Gasteiger charge is -2.26. The molecule has 46 heavy (non-hydrogen) atoms. The van der Waals surface area contributed by atoms with Crippen molar-refractivity contribution in [1.82, 2.24) is 24.7 Å². The Balaban J connectivity index is 1.30. The maximum Gasteiger partial charge on any atom is 0.459 e. The fourth-order valence-corrected chi connectivity index (χ4v) is 6.88. The number of carbonyl (C=O) groups excluding carboxylic acids is 1. The van der Waals surface area contributed by atoms with Crippen LogP contribution in [-0.2, 0) is 23.4 Å². The highest BCUT2D eigenvalue weighted by Gasteiger charge is 2.54. The van der Waals surface area contributed by atoms with Crippen molar-refractivity contribution in [2.45, 2.75) is 63.1 Å². The molecule has 3 N–H and O–H groups in total. The van der Waals surface area contributed by atoms with E-state index in [1.165, 1.54) is 30.9 Å². The van der Waals surface area contributed by atoms with E-state index in [0.29, 0.717) is 30.8 Å². The van der Waals surface area contributed by atoms with Crippen LogP contribution in [0.4, 0.5) is 0 Å². The number of ether oxygens (including phenoxy) is 3. The summed E-state index contributed by atoms with van der Waals surface area (Å²) in [4.78, 5) is 21.4. The fourth-order valence-electron chi connectivity index (χ4n) is 5.38. The molecule has 1 fully saturated rings. The summed E-state index contributed by atoms with van der Waals surface area (Å²) in [5.74, 6) is -0.173. The van der Waals surface area contributed by atoms with Crippen molar-refractivity contribution >= 4 is 30.1 Å². The van der Waals surface area contributed by atoms with Gasteiger partial charge in [0.1, 0.15) is 42.0 Å². The van der Waals surface area contributed by atoms with Crippen molar-refractivity contribution in [3.8, 4) is 11.6 Å². The van der Waals surface area contributed by atoms with E-state index in [0.717, 1.165) is 17.2 Å². The molecule has 15 heteroatoms. The van der Waals surface area contributed by atoms with Crippen LogP contribution in [0.2, 0.25) is 0 Å². The number of aliphatic hydroxyl groups excluding tert-OH is 1. The van der Waals surface area contributed by atoms with E-state index in [1.807, 2.05) is 36.4 Å². The van der Waals surface area contributed by atoms with Gasteiger partial charge in [-0.05, 0) is 56.0 Å². The van der Waals surface area contributed by atoms with Crippen LogP contribution in [0, 0.1) is 0 Å². The number of aliphatic hydroxyl groups is 2. The second-order valence-electron chi connectivity index (χ2n) is 11.4. The zero-order valence-corrected chi connectivity index (χ0v) is 26.3. The molecule has 2 aliphatic rings. The summed E-state index contributed by atoms with van der Waals surface area (Å²) in [6, 6.07) is 11.6. The van der Waals surface area contributed by atoms with E-state index >= 15 is 0 Å². The van der Waals surface area contributed by atoms with Crippen molar-refractivity contribution in [3.05, 3.63) is 72.8 Å².